The van der Waals surface area contributed by atoms with Crippen LogP contribution in [0.5, 0.6) is 0 Å². The minimum absolute atomic E-state index is 0.147. The molecule has 1 saturated carbocycles. The van der Waals surface area contributed by atoms with E-state index in [-0.39, 0.29) is 11.5 Å². The van der Waals surface area contributed by atoms with E-state index in [0.29, 0.717) is 12.0 Å². The first-order chi connectivity index (χ1) is 13.2. The van der Waals surface area contributed by atoms with Crippen molar-refractivity contribution in [3.05, 3.63) is 40.0 Å². The van der Waals surface area contributed by atoms with E-state index in [0.717, 1.165) is 28.7 Å². The molecule has 0 atom stereocenters. The van der Waals surface area contributed by atoms with Crippen molar-refractivity contribution in [2.24, 2.45) is 0 Å². The third-order valence-corrected chi connectivity index (χ3v) is 5.54. The summed E-state index contributed by atoms with van der Waals surface area (Å²) in [4.78, 5) is 23.7. The van der Waals surface area contributed by atoms with E-state index >= 15 is 0 Å². The monoisotopic (exact) mass is 384 g/mol. The number of nitrogens with zero attached hydrogens (tertiary/aromatic N) is 4. The second kappa shape index (κ2) is 7.83. The Kier molecular flexibility index (Phi) is 5.10. The van der Waals surface area contributed by atoms with Crippen LogP contribution in [0, 0.1) is 10.1 Å². The van der Waals surface area contributed by atoms with Crippen molar-refractivity contribution in [3.63, 3.8) is 0 Å². The maximum absolute atomic E-state index is 11.4. The van der Waals surface area contributed by atoms with Crippen LogP contribution in [-0.2, 0) is 0 Å². The van der Waals surface area contributed by atoms with Gasteiger partial charge in [-0.15, -0.1) is 11.3 Å². The second-order valence-corrected chi connectivity index (χ2v) is 7.56. The summed E-state index contributed by atoms with van der Waals surface area (Å²) < 4.78 is 1.01. The first-order valence-corrected chi connectivity index (χ1v) is 9.95. The van der Waals surface area contributed by atoms with E-state index in [1.54, 1.807) is 5.51 Å². The molecule has 0 saturated heterocycles. The fourth-order valence-electron chi connectivity index (χ4n) is 3.35. The van der Waals surface area contributed by atoms with Gasteiger partial charge in [0.25, 0.3) is 0 Å². The molecular formula is C18H20N6O2S. The van der Waals surface area contributed by atoms with Gasteiger partial charge in [-0.2, -0.15) is 4.98 Å². The quantitative estimate of drug-likeness (QED) is 0.367. The van der Waals surface area contributed by atoms with E-state index in [4.69, 9.17) is 0 Å². The Morgan fingerprint density at radius 2 is 1.96 bits per heavy atom. The van der Waals surface area contributed by atoms with Gasteiger partial charge in [-0.25, -0.2) is 9.97 Å². The molecule has 0 radical (unpaired) electrons. The lowest BCUT2D eigenvalue weighted by Crippen LogP contribution is -2.20. The van der Waals surface area contributed by atoms with E-state index < -0.39 is 4.92 Å². The van der Waals surface area contributed by atoms with Crippen LogP contribution in [-0.4, -0.2) is 25.9 Å². The molecule has 0 aliphatic heterocycles. The summed E-state index contributed by atoms with van der Waals surface area (Å²) in [5.74, 6) is 0.615. The summed E-state index contributed by atoms with van der Waals surface area (Å²) in [5, 5.41) is 17.8. The molecule has 0 unspecified atom stereocenters. The van der Waals surface area contributed by atoms with Gasteiger partial charge < -0.3 is 10.6 Å². The average Bonchev–Trinajstić information content (AvgIpc) is 2.97. The Morgan fingerprint density at radius 1 is 1.15 bits per heavy atom. The zero-order valence-electron chi connectivity index (χ0n) is 14.7. The van der Waals surface area contributed by atoms with Gasteiger partial charge >= 0.3 is 5.69 Å². The van der Waals surface area contributed by atoms with Gasteiger partial charge in [-0.1, -0.05) is 25.7 Å². The molecule has 0 bridgehead atoms. The number of nitrogens with one attached hydrogen (secondary N) is 2. The van der Waals surface area contributed by atoms with Gasteiger partial charge in [0.05, 0.1) is 20.7 Å². The maximum atomic E-state index is 11.4. The minimum Gasteiger partial charge on any atom is -0.351 e. The van der Waals surface area contributed by atoms with Gasteiger partial charge in [0.2, 0.25) is 11.8 Å². The van der Waals surface area contributed by atoms with Crippen molar-refractivity contribution in [1.29, 1.82) is 0 Å². The second-order valence-electron chi connectivity index (χ2n) is 6.68. The number of thiazole rings is 1. The highest BCUT2D eigenvalue weighted by atomic mass is 32.1. The standard InChI is InChI=1S/C18H20N6O2S/c25-24(26)15-10-19-18(22-12-5-3-1-2-4-6-12)23-17(15)21-13-7-8-14-16(9-13)27-11-20-14/h7-12H,1-6H2,(H2,19,21,22,23). The Bertz CT molecular complexity index is 952. The first kappa shape index (κ1) is 17.6. The summed E-state index contributed by atoms with van der Waals surface area (Å²) in [7, 11) is 0. The Hall–Kier alpha value is -2.81. The SMILES string of the molecule is O=[N+]([O-])c1cnc(NC2CCCCCC2)nc1Nc1ccc2ncsc2c1. The van der Waals surface area contributed by atoms with Crippen LogP contribution in [0.15, 0.2) is 29.9 Å². The number of aromatic nitrogens is 3. The normalized spacial score (nSPS) is 15.4. The van der Waals surface area contributed by atoms with Crippen LogP contribution in [0.4, 0.5) is 23.1 Å². The molecule has 27 heavy (non-hydrogen) atoms. The summed E-state index contributed by atoms with van der Waals surface area (Å²) in [6, 6.07) is 5.95. The fourth-order valence-corrected chi connectivity index (χ4v) is 4.06. The molecule has 9 heteroatoms. The lowest BCUT2D eigenvalue weighted by molar-refractivity contribution is -0.384. The first-order valence-electron chi connectivity index (χ1n) is 9.07. The van der Waals surface area contributed by atoms with Crippen molar-refractivity contribution < 1.29 is 4.92 Å². The van der Waals surface area contributed by atoms with Crippen LogP contribution >= 0.6 is 11.3 Å². The summed E-state index contributed by atoms with van der Waals surface area (Å²) >= 11 is 1.52. The number of hydrogen-bond donors (Lipinski definition) is 2. The molecule has 2 heterocycles. The summed E-state index contributed by atoms with van der Waals surface area (Å²) in [6.07, 6.45) is 8.30. The Morgan fingerprint density at radius 3 is 2.74 bits per heavy atom. The molecule has 3 aromatic rings. The summed E-state index contributed by atoms with van der Waals surface area (Å²) in [5.41, 5.74) is 3.26. The third kappa shape index (κ3) is 4.13. The number of benzene rings is 1. The van der Waals surface area contributed by atoms with Crippen molar-refractivity contribution in [1.82, 2.24) is 15.0 Å². The highest BCUT2D eigenvalue weighted by Gasteiger charge is 2.20. The lowest BCUT2D eigenvalue weighted by atomic mass is 10.1. The molecular weight excluding hydrogens is 364 g/mol. The zero-order chi connectivity index (χ0) is 18.6. The van der Waals surface area contributed by atoms with Gasteiger partial charge in [-0.3, -0.25) is 10.1 Å². The topological polar surface area (TPSA) is 106 Å². The van der Waals surface area contributed by atoms with Gasteiger partial charge in [0, 0.05) is 11.7 Å². The molecule has 4 rings (SSSR count). The highest BCUT2D eigenvalue weighted by molar-refractivity contribution is 7.16. The minimum atomic E-state index is -0.469. The van der Waals surface area contributed by atoms with E-state index in [1.807, 2.05) is 18.2 Å². The Labute approximate surface area is 160 Å². The van der Waals surface area contributed by atoms with Crippen LogP contribution in [0.2, 0.25) is 0 Å². The maximum Gasteiger partial charge on any atom is 0.329 e. The fraction of sp³-hybridized carbons (Fsp3) is 0.389. The molecule has 1 aliphatic rings. The molecule has 8 nitrogen and oxygen atoms in total. The van der Waals surface area contributed by atoms with Crippen LogP contribution in [0.25, 0.3) is 10.2 Å². The van der Waals surface area contributed by atoms with Gasteiger partial charge in [-0.05, 0) is 31.0 Å². The smallest absolute Gasteiger partial charge is 0.329 e. The molecule has 0 spiro atoms. The molecule has 2 N–H and O–H groups in total. The van der Waals surface area contributed by atoms with Crippen LogP contribution < -0.4 is 10.6 Å². The highest BCUT2D eigenvalue weighted by Crippen LogP contribution is 2.29. The average molecular weight is 384 g/mol. The van der Waals surface area contributed by atoms with Crippen molar-refractivity contribution >= 4 is 44.7 Å². The number of anilines is 3. The molecule has 1 aromatic carbocycles. The van der Waals surface area contributed by atoms with Crippen molar-refractivity contribution in [2.45, 2.75) is 44.6 Å². The summed E-state index contributed by atoms with van der Waals surface area (Å²) in [6.45, 7) is 0. The molecule has 1 fully saturated rings. The van der Waals surface area contributed by atoms with Crippen molar-refractivity contribution in [3.8, 4) is 0 Å². The molecule has 0 amide bonds. The Balaban J connectivity index is 1.59. The predicted octanol–water partition coefficient (Wildman–Crippen LogP) is 4.87. The number of hydrogen-bond acceptors (Lipinski definition) is 8. The zero-order valence-corrected chi connectivity index (χ0v) is 15.5. The van der Waals surface area contributed by atoms with Gasteiger partial charge in [0.15, 0.2) is 0 Å². The molecule has 1 aliphatic carbocycles. The number of nitro groups is 1. The number of fused-ring (bicyclic) bond motifs is 1. The van der Waals surface area contributed by atoms with E-state index in [1.165, 1.54) is 43.2 Å². The predicted molar refractivity (Wildman–Crippen MR) is 107 cm³/mol. The van der Waals surface area contributed by atoms with Crippen LogP contribution in [0.3, 0.4) is 0 Å². The van der Waals surface area contributed by atoms with Crippen LogP contribution in [0.1, 0.15) is 38.5 Å². The lowest BCUT2D eigenvalue weighted by Gasteiger charge is -2.16. The van der Waals surface area contributed by atoms with Gasteiger partial charge in [0.1, 0.15) is 6.20 Å². The molecule has 140 valence electrons. The number of rotatable bonds is 5. The van der Waals surface area contributed by atoms with E-state index in [2.05, 4.69) is 25.6 Å². The van der Waals surface area contributed by atoms with E-state index in [9.17, 15) is 10.1 Å². The molecule has 2 aromatic heterocycles. The third-order valence-electron chi connectivity index (χ3n) is 4.75. The largest absolute Gasteiger partial charge is 0.351 e. The van der Waals surface area contributed by atoms with Crippen molar-refractivity contribution in [2.75, 3.05) is 10.6 Å².